The second-order valence-electron chi connectivity index (χ2n) is 6.47. The van der Waals surface area contributed by atoms with Crippen LogP contribution < -0.4 is 0 Å². The van der Waals surface area contributed by atoms with E-state index in [0.717, 1.165) is 38.7 Å². The van der Waals surface area contributed by atoms with Gasteiger partial charge in [0, 0.05) is 45.7 Å². The van der Waals surface area contributed by atoms with Gasteiger partial charge in [-0.05, 0) is 36.4 Å². The first-order chi connectivity index (χ1) is 13.6. The molecule has 3 heterocycles. The summed E-state index contributed by atoms with van der Waals surface area (Å²) in [7, 11) is 0. The number of thioether (sulfide) groups is 1. The van der Waals surface area contributed by atoms with Gasteiger partial charge in [0.05, 0.1) is 10.7 Å². The Labute approximate surface area is 176 Å². The molecule has 4 aromatic rings. The molecule has 0 saturated heterocycles. The molecule has 0 saturated carbocycles. The molecule has 3 aromatic heterocycles. The second kappa shape index (κ2) is 8.43. The summed E-state index contributed by atoms with van der Waals surface area (Å²) in [6.07, 6.45) is 3.51. The summed E-state index contributed by atoms with van der Waals surface area (Å²) in [5.74, 6) is 1.96. The SMILES string of the molecule is CC(C)c1nc(CSc2nnc(-c3ccncc3)n2-c2ccc(Cl)cc2)cs1. The minimum absolute atomic E-state index is 0.444. The van der Waals surface area contributed by atoms with Crippen LogP contribution in [-0.4, -0.2) is 24.7 Å². The molecule has 0 spiro atoms. The molecule has 8 heteroatoms. The standard InChI is InChI=1S/C20H18ClN5S2/c1-13(2)19-23-16(11-27-19)12-28-20-25-24-18(14-7-9-22-10-8-14)26(20)17-5-3-15(21)4-6-17/h3-11,13H,12H2,1-2H3. The smallest absolute Gasteiger partial charge is 0.196 e. The van der Waals surface area contributed by atoms with Gasteiger partial charge in [-0.2, -0.15) is 0 Å². The second-order valence-corrected chi connectivity index (χ2v) is 8.74. The molecule has 0 aliphatic carbocycles. The molecule has 4 rings (SSSR count). The Kier molecular flexibility index (Phi) is 5.75. The van der Waals surface area contributed by atoms with E-state index in [0.29, 0.717) is 10.9 Å². The first kappa shape index (κ1) is 19.1. The molecule has 142 valence electrons. The van der Waals surface area contributed by atoms with E-state index in [9.17, 15) is 0 Å². The molecule has 0 N–H and O–H groups in total. The summed E-state index contributed by atoms with van der Waals surface area (Å²) in [5.41, 5.74) is 2.99. The van der Waals surface area contributed by atoms with Crippen LogP contribution in [0.4, 0.5) is 0 Å². The van der Waals surface area contributed by atoms with Crippen LogP contribution in [0.5, 0.6) is 0 Å². The molecule has 0 atom stereocenters. The van der Waals surface area contributed by atoms with Gasteiger partial charge in [-0.1, -0.05) is 37.2 Å². The summed E-state index contributed by atoms with van der Waals surface area (Å²) in [4.78, 5) is 8.82. The monoisotopic (exact) mass is 427 g/mol. The zero-order valence-corrected chi connectivity index (χ0v) is 17.8. The largest absolute Gasteiger partial charge is 0.270 e. The van der Waals surface area contributed by atoms with Crippen molar-refractivity contribution in [3.63, 3.8) is 0 Å². The third-order valence-corrected chi connectivity index (χ3v) is 6.48. The molecule has 0 aliphatic heterocycles. The van der Waals surface area contributed by atoms with Gasteiger partial charge in [-0.25, -0.2) is 4.98 Å². The highest BCUT2D eigenvalue weighted by molar-refractivity contribution is 7.98. The van der Waals surface area contributed by atoms with Gasteiger partial charge in [0.1, 0.15) is 0 Å². The van der Waals surface area contributed by atoms with Crippen LogP contribution in [0.1, 0.15) is 30.5 Å². The fourth-order valence-corrected chi connectivity index (χ4v) is 4.58. The highest BCUT2D eigenvalue weighted by Crippen LogP contribution is 2.31. The van der Waals surface area contributed by atoms with Crippen LogP contribution in [0.2, 0.25) is 5.02 Å². The van der Waals surface area contributed by atoms with E-state index in [1.54, 1.807) is 35.5 Å². The number of halogens is 1. The van der Waals surface area contributed by atoms with Crippen molar-refractivity contribution in [1.29, 1.82) is 0 Å². The average Bonchev–Trinajstić information content (AvgIpc) is 3.35. The summed E-state index contributed by atoms with van der Waals surface area (Å²) >= 11 is 9.41. The molecule has 1 aromatic carbocycles. The van der Waals surface area contributed by atoms with Gasteiger partial charge in [-0.15, -0.1) is 21.5 Å². The summed E-state index contributed by atoms with van der Waals surface area (Å²) < 4.78 is 2.05. The van der Waals surface area contributed by atoms with Gasteiger partial charge in [0.25, 0.3) is 0 Å². The van der Waals surface area contributed by atoms with Crippen molar-refractivity contribution in [3.05, 3.63) is 69.9 Å². The molecule has 0 unspecified atom stereocenters. The van der Waals surface area contributed by atoms with E-state index in [1.807, 2.05) is 41.0 Å². The molecule has 28 heavy (non-hydrogen) atoms. The molecule has 0 fully saturated rings. The molecule has 0 aliphatic rings. The lowest BCUT2D eigenvalue weighted by Crippen LogP contribution is -2.00. The number of nitrogens with zero attached hydrogens (tertiary/aromatic N) is 5. The Morgan fingerprint density at radius 2 is 1.82 bits per heavy atom. The number of hydrogen-bond acceptors (Lipinski definition) is 6. The minimum Gasteiger partial charge on any atom is -0.270 e. The van der Waals surface area contributed by atoms with Crippen LogP contribution in [0.3, 0.4) is 0 Å². The van der Waals surface area contributed by atoms with Gasteiger partial charge < -0.3 is 0 Å². The van der Waals surface area contributed by atoms with Crippen molar-refractivity contribution < 1.29 is 0 Å². The Hall–Kier alpha value is -2.22. The molecule has 0 bridgehead atoms. The third-order valence-electron chi connectivity index (χ3n) is 4.07. The number of thiazole rings is 1. The van der Waals surface area contributed by atoms with Crippen molar-refractivity contribution in [2.75, 3.05) is 0 Å². The van der Waals surface area contributed by atoms with Crippen molar-refractivity contribution in [2.24, 2.45) is 0 Å². The summed E-state index contributed by atoms with van der Waals surface area (Å²) in [6, 6.07) is 11.6. The van der Waals surface area contributed by atoms with E-state index in [4.69, 9.17) is 16.6 Å². The van der Waals surface area contributed by atoms with Crippen LogP contribution in [0.25, 0.3) is 17.1 Å². The normalized spacial score (nSPS) is 11.3. The maximum atomic E-state index is 6.08. The van der Waals surface area contributed by atoms with Gasteiger partial charge in [-0.3, -0.25) is 9.55 Å². The topological polar surface area (TPSA) is 56.5 Å². The first-order valence-electron chi connectivity index (χ1n) is 8.80. The predicted octanol–water partition coefficient (Wildman–Crippen LogP) is 5.85. The lowest BCUT2D eigenvalue weighted by molar-refractivity contribution is 0.845. The van der Waals surface area contributed by atoms with Crippen LogP contribution in [0, 0.1) is 0 Å². The average molecular weight is 428 g/mol. The predicted molar refractivity (Wildman–Crippen MR) is 115 cm³/mol. The van der Waals surface area contributed by atoms with Crippen molar-refractivity contribution in [2.45, 2.75) is 30.7 Å². The van der Waals surface area contributed by atoms with E-state index >= 15 is 0 Å². The van der Waals surface area contributed by atoms with E-state index in [1.165, 1.54) is 0 Å². The van der Waals surface area contributed by atoms with Crippen molar-refractivity contribution in [1.82, 2.24) is 24.7 Å². The van der Waals surface area contributed by atoms with Gasteiger partial charge >= 0.3 is 0 Å². The van der Waals surface area contributed by atoms with Crippen LogP contribution in [-0.2, 0) is 5.75 Å². The third kappa shape index (κ3) is 4.11. The zero-order chi connectivity index (χ0) is 19.5. The number of rotatable bonds is 6. The van der Waals surface area contributed by atoms with Gasteiger partial charge in [0.15, 0.2) is 11.0 Å². The van der Waals surface area contributed by atoms with Crippen LogP contribution >= 0.6 is 34.7 Å². The Bertz CT molecular complexity index is 1060. The van der Waals surface area contributed by atoms with Crippen molar-refractivity contribution in [3.8, 4) is 17.1 Å². The maximum absolute atomic E-state index is 6.08. The summed E-state index contributed by atoms with van der Waals surface area (Å²) in [5, 5.41) is 13.7. The maximum Gasteiger partial charge on any atom is 0.196 e. The highest BCUT2D eigenvalue weighted by atomic mass is 35.5. The molecule has 0 radical (unpaired) electrons. The minimum atomic E-state index is 0.444. The molecular weight excluding hydrogens is 410 g/mol. The van der Waals surface area contributed by atoms with Gasteiger partial charge in [0.2, 0.25) is 0 Å². The molecule has 5 nitrogen and oxygen atoms in total. The first-order valence-corrected chi connectivity index (χ1v) is 11.0. The number of pyridine rings is 1. The zero-order valence-electron chi connectivity index (χ0n) is 15.4. The van der Waals surface area contributed by atoms with E-state index < -0.39 is 0 Å². The summed E-state index contributed by atoms with van der Waals surface area (Å²) in [6.45, 7) is 4.32. The lowest BCUT2D eigenvalue weighted by Gasteiger charge is -2.10. The lowest BCUT2D eigenvalue weighted by atomic mass is 10.2. The number of hydrogen-bond donors (Lipinski definition) is 0. The fourth-order valence-electron chi connectivity index (χ4n) is 2.67. The number of aromatic nitrogens is 5. The molecular formula is C20H18ClN5S2. The fraction of sp³-hybridized carbons (Fsp3) is 0.200. The number of benzene rings is 1. The Morgan fingerprint density at radius 3 is 2.50 bits per heavy atom. The van der Waals surface area contributed by atoms with Crippen LogP contribution in [0.15, 0.2) is 59.3 Å². The van der Waals surface area contributed by atoms with E-state index in [-0.39, 0.29) is 0 Å². The Balaban J connectivity index is 1.68. The van der Waals surface area contributed by atoms with Crippen molar-refractivity contribution >= 4 is 34.7 Å². The van der Waals surface area contributed by atoms with E-state index in [2.05, 4.69) is 34.4 Å². The Morgan fingerprint density at radius 1 is 1.07 bits per heavy atom. The highest BCUT2D eigenvalue weighted by Gasteiger charge is 2.17. The quantitative estimate of drug-likeness (QED) is 0.361. The molecule has 0 amide bonds.